The largest absolute Gasteiger partial charge is 0.478 e. The Morgan fingerprint density at radius 2 is 2.38 bits per heavy atom. The van der Waals surface area contributed by atoms with Crippen molar-refractivity contribution in [2.75, 3.05) is 6.61 Å². The smallest absolute Gasteiger partial charge is 0.328 e. The van der Waals surface area contributed by atoms with Gasteiger partial charge in [-0.05, 0) is 44.4 Å². The second-order valence-corrected chi connectivity index (χ2v) is 6.07. The van der Waals surface area contributed by atoms with Crippen LogP contribution in [0.5, 0.6) is 0 Å². The van der Waals surface area contributed by atoms with Crippen LogP contribution in [0.1, 0.15) is 35.4 Å². The van der Waals surface area contributed by atoms with Crippen LogP contribution < -0.4 is 0 Å². The van der Waals surface area contributed by atoms with E-state index in [1.54, 1.807) is 0 Å². The maximum absolute atomic E-state index is 10.9. The Labute approximate surface area is 140 Å². The molecule has 0 bridgehead atoms. The quantitative estimate of drug-likeness (QED) is 0.873. The number of hydrogen-bond donors (Lipinski definition) is 1. The van der Waals surface area contributed by atoms with Crippen molar-refractivity contribution in [3.8, 4) is 6.07 Å². The Balaban J connectivity index is 2.25. The molecule has 0 radical (unpaired) electrons. The molecular weight excluding hydrogens is 306 g/mol. The van der Waals surface area contributed by atoms with E-state index in [9.17, 15) is 10.1 Å². The molecule has 1 atom stereocenters. The Bertz CT molecular complexity index is 868. The topological polar surface area (TPSA) is 88.1 Å². The number of aryl methyl sites for hydroxylation is 2. The van der Waals surface area contributed by atoms with Gasteiger partial charge in [0.1, 0.15) is 11.7 Å². The first-order valence-corrected chi connectivity index (χ1v) is 7.94. The Kier molecular flexibility index (Phi) is 4.36. The summed E-state index contributed by atoms with van der Waals surface area (Å²) in [4.78, 5) is 15.6. The maximum atomic E-state index is 10.9. The number of carboxylic acids is 1. The first-order chi connectivity index (χ1) is 11.5. The second-order valence-electron chi connectivity index (χ2n) is 6.07. The molecular formula is C18H19N3O3. The van der Waals surface area contributed by atoms with Gasteiger partial charge in [-0.1, -0.05) is 0 Å². The number of ether oxygens (including phenoxy) is 1. The molecule has 1 unspecified atom stereocenters. The minimum atomic E-state index is -1.05. The predicted molar refractivity (Wildman–Crippen MR) is 89.6 cm³/mol. The van der Waals surface area contributed by atoms with Crippen LogP contribution >= 0.6 is 0 Å². The molecule has 6 nitrogen and oxygen atoms in total. The first kappa shape index (κ1) is 16.2. The number of fused-ring (bicyclic) bond motifs is 1. The third kappa shape index (κ3) is 2.91. The highest BCUT2D eigenvalue weighted by molar-refractivity contribution is 5.93. The van der Waals surface area contributed by atoms with E-state index in [1.807, 2.05) is 24.5 Å². The lowest BCUT2D eigenvalue weighted by atomic mass is 10.1. The summed E-state index contributed by atoms with van der Waals surface area (Å²) in [5.74, 6) is -1.05. The Morgan fingerprint density at radius 1 is 1.58 bits per heavy atom. The van der Waals surface area contributed by atoms with Crippen molar-refractivity contribution in [1.82, 2.24) is 9.55 Å². The van der Waals surface area contributed by atoms with Crippen molar-refractivity contribution in [2.45, 2.75) is 39.3 Å². The molecule has 124 valence electrons. The fourth-order valence-electron chi connectivity index (χ4n) is 3.31. The van der Waals surface area contributed by atoms with Gasteiger partial charge in [-0.15, -0.1) is 0 Å². The Morgan fingerprint density at radius 3 is 3.00 bits per heavy atom. The van der Waals surface area contributed by atoms with Gasteiger partial charge in [-0.3, -0.25) is 0 Å². The molecule has 0 aliphatic carbocycles. The summed E-state index contributed by atoms with van der Waals surface area (Å²) < 4.78 is 7.64. The number of hydrogen-bond acceptors (Lipinski definition) is 4. The van der Waals surface area contributed by atoms with Crippen LogP contribution in [-0.4, -0.2) is 33.3 Å². The van der Waals surface area contributed by atoms with Gasteiger partial charge in [0.05, 0.1) is 23.9 Å². The fraction of sp³-hybridized carbons (Fsp3) is 0.389. The van der Waals surface area contributed by atoms with E-state index in [2.05, 4.69) is 11.1 Å². The standard InChI is InChI=1S/C18H19N3O3/c1-11-8-12(2)20-18-17(11)14(9-19)15(5-6-16(22)23)21(18)10-13-4-3-7-24-13/h5-6,8,13H,3-4,7,10H2,1-2H3,(H,22,23)/b6-5+. The van der Waals surface area contributed by atoms with E-state index >= 15 is 0 Å². The SMILES string of the molecule is Cc1cc(C)c2c(C#N)c(/C=C/C(=O)O)n(CC3CCCO3)c2n1. The number of rotatable bonds is 4. The molecule has 0 spiro atoms. The molecule has 1 aliphatic rings. The zero-order chi connectivity index (χ0) is 17.3. The molecule has 1 N–H and O–H groups in total. The number of nitriles is 1. The highest BCUT2D eigenvalue weighted by atomic mass is 16.5. The second kappa shape index (κ2) is 6.46. The summed E-state index contributed by atoms with van der Waals surface area (Å²) in [6, 6.07) is 4.16. The fourth-order valence-corrected chi connectivity index (χ4v) is 3.31. The first-order valence-electron chi connectivity index (χ1n) is 7.94. The monoisotopic (exact) mass is 325 g/mol. The van der Waals surface area contributed by atoms with Gasteiger partial charge in [0.25, 0.3) is 0 Å². The summed E-state index contributed by atoms with van der Waals surface area (Å²) >= 11 is 0. The van der Waals surface area contributed by atoms with E-state index < -0.39 is 5.97 Å². The van der Waals surface area contributed by atoms with E-state index in [4.69, 9.17) is 9.84 Å². The summed E-state index contributed by atoms with van der Waals surface area (Å²) in [6.45, 7) is 5.15. The molecule has 3 heterocycles. The number of aliphatic carboxylic acids is 1. The van der Waals surface area contributed by atoms with E-state index in [1.165, 1.54) is 6.08 Å². The van der Waals surface area contributed by atoms with E-state index in [-0.39, 0.29) is 6.10 Å². The third-order valence-corrected chi connectivity index (χ3v) is 4.28. The molecule has 0 saturated carbocycles. The van der Waals surface area contributed by atoms with Gasteiger partial charge >= 0.3 is 5.97 Å². The van der Waals surface area contributed by atoms with Gasteiger partial charge < -0.3 is 14.4 Å². The lowest BCUT2D eigenvalue weighted by Crippen LogP contribution is -2.16. The van der Waals surface area contributed by atoms with Gasteiger partial charge in [0.15, 0.2) is 0 Å². The molecule has 1 aliphatic heterocycles. The minimum Gasteiger partial charge on any atom is -0.478 e. The zero-order valence-corrected chi connectivity index (χ0v) is 13.7. The van der Waals surface area contributed by atoms with Crippen LogP contribution in [0, 0.1) is 25.2 Å². The molecule has 2 aromatic heterocycles. The molecule has 6 heteroatoms. The highest BCUT2D eigenvalue weighted by Gasteiger charge is 2.23. The van der Waals surface area contributed by atoms with Crippen molar-refractivity contribution in [3.63, 3.8) is 0 Å². The van der Waals surface area contributed by atoms with Crippen molar-refractivity contribution in [1.29, 1.82) is 5.26 Å². The van der Waals surface area contributed by atoms with Crippen LogP contribution in [0.15, 0.2) is 12.1 Å². The van der Waals surface area contributed by atoms with E-state index in [0.29, 0.717) is 23.4 Å². The number of aromatic nitrogens is 2. The average molecular weight is 325 g/mol. The van der Waals surface area contributed by atoms with Crippen molar-refractivity contribution in [2.24, 2.45) is 0 Å². The summed E-state index contributed by atoms with van der Waals surface area (Å²) in [6.07, 6.45) is 4.57. The minimum absolute atomic E-state index is 0.0618. The summed E-state index contributed by atoms with van der Waals surface area (Å²) in [5, 5.41) is 19.4. The average Bonchev–Trinajstić information content (AvgIpc) is 3.12. The van der Waals surface area contributed by atoms with Gasteiger partial charge in [-0.2, -0.15) is 5.26 Å². The van der Waals surface area contributed by atoms with Crippen LogP contribution in [0.3, 0.4) is 0 Å². The number of carbonyl (C=O) groups is 1. The molecule has 3 rings (SSSR count). The molecule has 2 aromatic rings. The summed E-state index contributed by atoms with van der Waals surface area (Å²) in [5.41, 5.74) is 3.58. The lowest BCUT2D eigenvalue weighted by Gasteiger charge is -2.13. The molecule has 24 heavy (non-hydrogen) atoms. The van der Waals surface area contributed by atoms with E-state index in [0.717, 1.165) is 42.2 Å². The lowest BCUT2D eigenvalue weighted by molar-refractivity contribution is -0.131. The predicted octanol–water partition coefficient (Wildman–Crippen LogP) is 2.80. The number of carboxylic acid groups (broad SMARTS) is 1. The zero-order valence-electron chi connectivity index (χ0n) is 13.7. The summed E-state index contributed by atoms with van der Waals surface area (Å²) in [7, 11) is 0. The van der Waals surface area contributed by atoms with Crippen molar-refractivity contribution in [3.05, 3.63) is 34.7 Å². The molecule has 1 saturated heterocycles. The molecule has 0 aromatic carbocycles. The van der Waals surface area contributed by atoms with Gasteiger partial charge in [0.2, 0.25) is 0 Å². The number of pyridine rings is 1. The normalized spacial score (nSPS) is 17.6. The van der Waals surface area contributed by atoms with Gasteiger partial charge in [-0.25, -0.2) is 9.78 Å². The molecule has 1 fully saturated rings. The third-order valence-electron chi connectivity index (χ3n) is 4.28. The highest BCUT2D eigenvalue weighted by Crippen LogP contribution is 2.30. The van der Waals surface area contributed by atoms with Crippen LogP contribution in [0.25, 0.3) is 17.1 Å². The van der Waals surface area contributed by atoms with Gasteiger partial charge in [0, 0.05) is 23.8 Å². The molecule has 0 amide bonds. The number of nitrogens with zero attached hydrogens (tertiary/aromatic N) is 3. The van der Waals surface area contributed by atoms with Crippen molar-refractivity contribution >= 4 is 23.1 Å². The van der Waals surface area contributed by atoms with Crippen LogP contribution in [-0.2, 0) is 16.1 Å². The van der Waals surface area contributed by atoms with Crippen molar-refractivity contribution < 1.29 is 14.6 Å². The maximum Gasteiger partial charge on any atom is 0.328 e. The van der Waals surface area contributed by atoms with Crippen LogP contribution in [0.4, 0.5) is 0 Å². The Hall–Kier alpha value is -2.65. The van der Waals surface area contributed by atoms with Crippen LogP contribution in [0.2, 0.25) is 0 Å².